The zero-order valence-corrected chi connectivity index (χ0v) is 10.2. The Bertz CT molecular complexity index is 795. The molecule has 3 heteroatoms. The van der Waals surface area contributed by atoms with Gasteiger partial charge in [-0.25, -0.2) is 4.98 Å². The number of pyridine rings is 1. The number of rotatable bonds is 1. The number of nitrogens with zero attached hydrogens (tertiary/aromatic N) is 2. The number of nitrogen functional groups attached to an aromatic ring is 1. The third kappa shape index (κ3) is 1.90. The zero-order chi connectivity index (χ0) is 13.2. The van der Waals surface area contributed by atoms with Gasteiger partial charge in [-0.1, -0.05) is 42.5 Å². The fourth-order valence-electron chi connectivity index (χ4n) is 2.17. The molecule has 19 heavy (non-hydrogen) atoms. The molecule has 3 aromatic rings. The maximum absolute atomic E-state index is 8.88. The molecule has 90 valence electrons. The maximum Gasteiger partial charge on any atom is 0.142 e. The third-order valence-electron chi connectivity index (χ3n) is 3.11. The summed E-state index contributed by atoms with van der Waals surface area (Å²) in [5.74, 6) is 0.271. The molecule has 0 spiro atoms. The Kier molecular flexibility index (Phi) is 2.62. The minimum atomic E-state index is 0.271. The van der Waals surface area contributed by atoms with Gasteiger partial charge >= 0.3 is 0 Å². The van der Waals surface area contributed by atoms with Crippen LogP contribution in [0.25, 0.3) is 22.0 Å². The zero-order valence-electron chi connectivity index (χ0n) is 10.2. The van der Waals surface area contributed by atoms with Gasteiger partial charge in [0, 0.05) is 5.56 Å². The van der Waals surface area contributed by atoms with E-state index in [-0.39, 0.29) is 5.82 Å². The first kappa shape index (κ1) is 11.2. The molecule has 0 atom stereocenters. The fraction of sp³-hybridized carbons (Fsp3) is 0. The van der Waals surface area contributed by atoms with Crippen molar-refractivity contribution in [1.82, 2.24) is 4.98 Å². The number of anilines is 1. The second kappa shape index (κ2) is 4.43. The molecule has 2 N–H and O–H groups in total. The van der Waals surface area contributed by atoms with Gasteiger partial charge in [-0.2, -0.15) is 5.26 Å². The summed E-state index contributed by atoms with van der Waals surface area (Å²) in [7, 11) is 0. The molecule has 0 unspecified atom stereocenters. The van der Waals surface area contributed by atoms with Gasteiger partial charge < -0.3 is 5.73 Å². The molecule has 3 rings (SSSR count). The average molecular weight is 245 g/mol. The molecule has 3 nitrogen and oxygen atoms in total. The van der Waals surface area contributed by atoms with Crippen molar-refractivity contribution in [3.63, 3.8) is 0 Å². The molecule has 0 aliphatic carbocycles. The Morgan fingerprint density at radius 3 is 2.53 bits per heavy atom. The average Bonchev–Trinajstić information content (AvgIpc) is 2.46. The van der Waals surface area contributed by atoms with E-state index in [4.69, 9.17) is 11.0 Å². The van der Waals surface area contributed by atoms with Crippen molar-refractivity contribution >= 4 is 16.6 Å². The van der Waals surface area contributed by atoms with Crippen LogP contribution < -0.4 is 5.73 Å². The largest absolute Gasteiger partial charge is 0.383 e. The number of hydrogen-bond acceptors (Lipinski definition) is 3. The first-order valence-electron chi connectivity index (χ1n) is 5.94. The molecule has 0 radical (unpaired) electrons. The lowest BCUT2D eigenvalue weighted by molar-refractivity contribution is 1.31. The Labute approximate surface area is 110 Å². The highest BCUT2D eigenvalue weighted by atomic mass is 14.8. The van der Waals surface area contributed by atoms with Crippen LogP contribution in [0.5, 0.6) is 0 Å². The lowest BCUT2D eigenvalue weighted by atomic mass is 10.0. The van der Waals surface area contributed by atoms with E-state index in [1.165, 1.54) is 0 Å². The van der Waals surface area contributed by atoms with Crippen LogP contribution in [-0.2, 0) is 0 Å². The smallest absolute Gasteiger partial charge is 0.142 e. The lowest BCUT2D eigenvalue weighted by Gasteiger charge is -2.07. The Morgan fingerprint density at radius 2 is 1.74 bits per heavy atom. The number of nitrogens with two attached hydrogens (primary N) is 1. The Hall–Kier alpha value is -2.86. The summed E-state index contributed by atoms with van der Waals surface area (Å²) in [5.41, 5.74) is 7.99. The standard InChI is InChI=1S/C16H11N3/c17-10-12-8-9-15(19-16(12)18)14-7-3-5-11-4-1-2-6-13(11)14/h1-9H,(H2,18,19). The molecular formula is C16H11N3. The SMILES string of the molecule is N#Cc1ccc(-c2cccc3ccccc23)nc1N. The van der Waals surface area contributed by atoms with Crippen molar-refractivity contribution in [2.45, 2.75) is 0 Å². The number of hydrogen-bond donors (Lipinski definition) is 1. The van der Waals surface area contributed by atoms with Crippen molar-refractivity contribution in [2.24, 2.45) is 0 Å². The number of fused-ring (bicyclic) bond motifs is 1. The second-order valence-corrected chi connectivity index (χ2v) is 4.27. The van der Waals surface area contributed by atoms with Crippen molar-refractivity contribution in [3.8, 4) is 17.3 Å². The van der Waals surface area contributed by atoms with Crippen LogP contribution in [0.15, 0.2) is 54.6 Å². The van der Waals surface area contributed by atoms with E-state index in [0.29, 0.717) is 5.56 Å². The molecule has 1 heterocycles. The normalized spacial score (nSPS) is 10.3. The monoisotopic (exact) mass is 245 g/mol. The van der Waals surface area contributed by atoms with Gasteiger partial charge in [0.2, 0.25) is 0 Å². The van der Waals surface area contributed by atoms with Crippen LogP contribution in [0.1, 0.15) is 5.56 Å². The fourth-order valence-corrected chi connectivity index (χ4v) is 2.17. The van der Waals surface area contributed by atoms with Crippen LogP contribution in [-0.4, -0.2) is 4.98 Å². The Balaban J connectivity index is 2.25. The predicted molar refractivity (Wildman–Crippen MR) is 76.3 cm³/mol. The van der Waals surface area contributed by atoms with Crippen LogP contribution in [0.4, 0.5) is 5.82 Å². The van der Waals surface area contributed by atoms with Gasteiger partial charge in [-0.15, -0.1) is 0 Å². The summed E-state index contributed by atoms with van der Waals surface area (Å²) in [6.07, 6.45) is 0. The molecule has 0 fully saturated rings. The molecule has 0 saturated heterocycles. The Morgan fingerprint density at radius 1 is 0.947 bits per heavy atom. The summed E-state index contributed by atoms with van der Waals surface area (Å²) < 4.78 is 0. The van der Waals surface area contributed by atoms with Crippen molar-refractivity contribution in [3.05, 3.63) is 60.2 Å². The summed E-state index contributed by atoms with van der Waals surface area (Å²) >= 11 is 0. The number of aromatic nitrogens is 1. The van der Waals surface area contributed by atoms with Gasteiger partial charge in [0.05, 0.1) is 11.3 Å². The van der Waals surface area contributed by atoms with Gasteiger partial charge in [-0.05, 0) is 22.9 Å². The molecule has 0 amide bonds. The van der Waals surface area contributed by atoms with E-state index >= 15 is 0 Å². The van der Waals surface area contributed by atoms with Crippen molar-refractivity contribution in [1.29, 1.82) is 5.26 Å². The van der Waals surface area contributed by atoms with Gasteiger partial charge in [0.1, 0.15) is 11.9 Å². The molecule has 1 aromatic heterocycles. The quantitative estimate of drug-likeness (QED) is 0.715. The second-order valence-electron chi connectivity index (χ2n) is 4.27. The topological polar surface area (TPSA) is 62.7 Å². The van der Waals surface area contributed by atoms with Crippen molar-refractivity contribution in [2.75, 3.05) is 5.73 Å². The molecular weight excluding hydrogens is 234 g/mol. The first-order valence-corrected chi connectivity index (χ1v) is 5.94. The summed E-state index contributed by atoms with van der Waals surface area (Å²) in [6.45, 7) is 0. The van der Waals surface area contributed by atoms with E-state index in [1.807, 2.05) is 36.4 Å². The lowest BCUT2D eigenvalue weighted by Crippen LogP contribution is -1.96. The molecule has 0 saturated carbocycles. The van der Waals surface area contributed by atoms with E-state index < -0.39 is 0 Å². The highest BCUT2D eigenvalue weighted by molar-refractivity contribution is 5.95. The molecule has 2 aromatic carbocycles. The van der Waals surface area contributed by atoms with E-state index in [1.54, 1.807) is 6.07 Å². The van der Waals surface area contributed by atoms with Crippen LogP contribution in [0.2, 0.25) is 0 Å². The van der Waals surface area contributed by atoms with E-state index in [9.17, 15) is 0 Å². The van der Waals surface area contributed by atoms with Crippen LogP contribution in [0.3, 0.4) is 0 Å². The molecule has 0 aliphatic heterocycles. The first-order chi connectivity index (χ1) is 9.29. The van der Waals surface area contributed by atoms with Gasteiger partial charge in [0.15, 0.2) is 0 Å². The van der Waals surface area contributed by atoms with E-state index in [2.05, 4.69) is 23.2 Å². The third-order valence-corrected chi connectivity index (χ3v) is 3.11. The van der Waals surface area contributed by atoms with Gasteiger partial charge in [0.25, 0.3) is 0 Å². The summed E-state index contributed by atoms with van der Waals surface area (Å²) in [4.78, 5) is 4.32. The number of benzene rings is 2. The summed E-state index contributed by atoms with van der Waals surface area (Å²) in [5, 5.41) is 11.2. The van der Waals surface area contributed by atoms with Crippen molar-refractivity contribution < 1.29 is 0 Å². The molecule has 0 aliphatic rings. The molecule has 0 bridgehead atoms. The minimum absolute atomic E-state index is 0.271. The van der Waals surface area contributed by atoms with Gasteiger partial charge in [-0.3, -0.25) is 0 Å². The van der Waals surface area contributed by atoms with Crippen LogP contribution in [0, 0.1) is 11.3 Å². The maximum atomic E-state index is 8.88. The summed E-state index contributed by atoms with van der Waals surface area (Å²) in [6, 6.07) is 19.7. The highest BCUT2D eigenvalue weighted by Gasteiger charge is 2.07. The van der Waals surface area contributed by atoms with Crippen LogP contribution >= 0.6 is 0 Å². The number of nitriles is 1. The minimum Gasteiger partial charge on any atom is -0.383 e. The van der Waals surface area contributed by atoms with E-state index in [0.717, 1.165) is 22.0 Å². The highest BCUT2D eigenvalue weighted by Crippen LogP contribution is 2.28. The predicted octanol–water partition coefficient (Wildman–Crippen LogP) is 3.36.